The van der Waals surface area contributed by atoms with E-state index in [-0.39, 0.29) is 17.3 Å². The molecule has 82 valence electrons. The predicted molar refractivity (Wildman–Crippen MR) is 62.7 cm³/mol. The second-order valence-electron chi connectivity index (χ2n) is 3.76. The topological polar surface area (TPSA) is 46.2 Å². The van der Waals surface area contributed by atoms with Gasteiger partial charge in [-0.05, 0) is 36.2 Å². The molecular weight excluding hydrogens is 205 g/mol. The Balaban J connectivity index is 2.54. The van der Waals surface area contributed by atoms with E-state index >= 15 is 0 Å². The molecule has 0 unspecified atom stereocenters. The van der Waals surface area contributed by atoms with Gasteiger partial charge in [0, 0.05) is 5.56 Å². The van der Waals surface area contributed by atoms with Crippen LogP contribution in [0.5, 0.6) is 5.75 Å². The number of halogens is 1. The van der Waals surface area contributed by atoms with E-state index in [0.29, 0.717) is 11.1 Å². The number of nitrogens with two attached hydrogens (primary N) is 1. The van der Waals surface area contributed by atoms with E-state index in [2.05, 4.69) is 0 Å². The Morgan fingerprint density at radius 3 is 2.50 bits per heavy atom. The second kappa shape index (κ2) is 3.85. The maximum absolute atomic E-state index is 13.7. The van der Waals surface area contributed by atoms with Crippen molar-refractivity contribution in [2.75, 3.05) is 5.73 Å². The summed E-state index contributed by atoms with van der Waals surface area (Å²) in [7, 11) is 0. The Labute approximate surface area is 93.2 Å². The third kappa shape index (κ3) is 1.84. The predicted octanol–water partition coefficient (Wildman–Crippen LogP) is 3.09. The summed E-state index contributed by atoms with van der Waals surface area (Å²) >= 11 is 0. The lowest BCUT2D eigenvalue weighted by Crippen LogP contribution is -1.88. The molecule has 0 amide bonds. The van der Waals surface area contributed by atoms with Crippen LogP contribution in [0.1, 0.15) is 5.56 Å². The highest BCUT2D eigenvalue weighted by Gasteiger charge is 2.06. The van der Waals surface area contributed by atoms with Crippen LogP contribution in [0.2, 0.25) is 0 Å². The molecule has 2 nitrogen and oxygen atoms in total. The maximum Gasteiger partial charge on any atom is 0.139 e. The van der Waals surface area contributed by atoms with Crippen molar-refractivity contribution in [2.24, 2.45) is 0 Å². The molecule has 0 bridgehead atoms. The number of phenols is 1. The number of nitrogen functional groups attached to an aromatic ring is 1. The first-order valence-corrected chi connectivity index (χ1v) is 4.93. The number of hydrogen-bond donors (Lipinski definition) is 2. The lowest BCUT2D eigenvalue weighted by Gasteiger charge is -2.06. The van der Waals surface area contributed by atoms with Crippen LogP contribution in [-0.2, 0) is 0 Å². The van der Waals surface area contributed by atoms with Crippen LogP contribution < -0.4 is 5.73 Å². The Morgan fingerprint density at radius 2 is 1.88 bits per heavy atom. The summed E-state index contributed by atoms with van der Waals surface area (Å²) < 4.78 is 13.7. The molecule has 0 spiro atoms. The van der Waals surface area contributed by atoms with Gasteiger partial charge in [-0.3, -0.25) is 0 Å². The van der Waals surface area contributed by atoms with E-state index in [1.807, 2.05) is 13.0 Å². The zero-order chi connectivity index (χ0) is 11.7. The van der Waals surface area contributed by atoms with Crippen LogP contribution >= 0.6 is 0 Å². The lowest BCUT2D eigenvalue weighted by atomic mass is 10.0. The summed E-state index contributed by atoms with van der Waals surface area (Å²) in [5.41, 5.74) is 7.71. The Morgan fingerprint density at radius 1 is 1.12 bits per heavy atom. The van der Waals surface area contributed by atoms with E-state index in [4.69, 9.17) is 5.73 Å². The van der Waals surface area contributed by atoms with Gasteiger partial charge >= 0.3 is 0 Å². The molecule has 0 aliphatic heterocycles. The SMILES string of the molecule is Cc1ccc(-c2ccc(N)c(O)c2)c(F)c1. The number of aryl methyl sites for hydroxylation is 1. The molecule has 0 radical (unpaired) electrons. The van der Waals surface area contributed by atoms with Gasteiger partial charge in [-0.15, -0.1) is 0 Å². The molecule has 0 saturated heterocycles. The smallest absolute Gasteiger partial charge is 0.139 e. The molecule has 2 rings (SSSR count). The fourth-order valence-electron chi connectivity index (χ4n) is 1.57. The van der Waals surface area contributed by atoms with Crippen LogP contribution in [0, 0.1) is 12.7 Å². The number of anilines is 1. The van der Waals surface area contributed by atoms with Crippen molar-refractivity contribution in [3.63, 3.8) is 0 Å². The van der Waals surface area contributed by atoms with Crippen LogP contribution in [0.3, 0.4) is 0 Å². The van der Waals surface area contributed by atoms with Gasteiger partial charge in [0.25, 0.3) is 0 Å². The molecule has 0 saturated carbocycles. The molecule has 0 aromatic heterocycles. The average Bonchev–Trinajstić information content (AvgIpc) is 2.22. The normalized spacial score (nSPS) is 10.4. The molecular formula is C13H12FNO. The maximum atomic E-state index is 13.7. The molecule has 16 heavy (non-hydrogen) atoms. The minimum atomic E-state index is -0.302. The molecule has 0 atom stereocenters. The third-order valence-electron chi connectivity index (χ3n) is 2.47. The first kappa shape index (κ1) is 10.5. The molecule has 2 aromatic rings. The summed E-state index contributed by atoms with van der Waals surface area (Å²) in [6.07, 6.45) is 0. The number of benzene rings is 2. The number of phenolic OH excluding ortho intramolecular Hbond substituents is 1. The Kier molecular flexibility index (Phi) is 2.52. The van der Waals surface area contributed by atoms with Crippen LogP contribution in [0.15, 0.2) is 36.4 Å². The van der Waals surface area contributed by atoms with Crippen LogP contribution in [-0.4, -0.2) is 5.11 Å². The van der Waals surface area contributed by atoms with Crippen molar-refractivity contribution in [1.82, 2.24) is 0 Å². The Bertz CT molecular complexity index is 537. The zero-order valence-electron chi connectivity index (χ0n) is 8.87. The van der Waals surface area contributed by atoms with Crippen molar-refractivity contribution in [3.05, 3.63) is 47.8 Å². The van der Waals surface area contributed by atoms with Gasteiger partial charge in [0.15, 0.2) is 0 Å². The van der Waals surface area contributed by atoms with E-state index in [1.54, 1.807) is 18.2 Å². The van der Waals surface area contributed by atoms with Crippen molar-refractivity contribution in [3.8, 4) is 16.9 Å². The Hall–Kier alpha value is -2.03. The van der Waals surface area contributed by atoms with Gasteiger partial charge in [0.05, 0.1) is 5.69 Å². The van der Waals surface area contributed by atoms with E-state index in [1.165, 1.54) is 12.1 Å². The number of aromatic hydroxyl groups is 1. The standard InChI is InChI=1S/C13H12FNO/c1-8-2-4-10(11(14)6-8)9-3-5-12(15)13(16)7-9/h2-7,16H,15H2,1H3. The highest BCUT2D eigenvalue weighted by Crippen LogP contribution is 2.29. The number of hydrogen-bond acceptors (Lipinski definition) is 2. The zero-order valence-corrected chi connectivity index (χ0v) is 8.87. The van der Waals surface area contributed by atoms with Gasteiger partial charge in [0.2, 0.25) is 0 Å². The molecule has 0 fully saturated rings. The molecule has 0 aliphatic rings. The summed E-state index contributed by atoms with van der Waals surface area (Å²) in [5.74, 6) is -0.332. The molecule has 3 heteroatoms. The quantitative estimate of drug-likeness (QED) is 0.569. The van der Waals surface area contributed by atoms with E-state index < -0.39 is 0 Å². The van der Waals surface area contributed by atoms with Gasteiger partial charge in [-0.2, -0.15) is 0 Å². The van der Waals surface area contributed by atoms with Gasteiger partial charge in [0.1, 0.15) is 11.6 Å². The molecule has 0 heterocycles. The number of rotatable bonds is 1. The average molecular weight is 217 g/mol. The summed E-state index contributed by atoms with van der Waals surface area (Å²) in [6, 6.07) is 9.68. The highest BCUT2D eigenvalue weighted by atomic mass is 19.1. The second-order valence-corrected chi connectivity index (χ2v) is 3.76. The molecule has 3 N–H and O–H groups in total. The van der Waals surface area contributed by atoms with Crippen molar-refractivity contribution < 1.29 is 9.50 Å². The first-order chi connectivity index (χ1) is 7.58. The monoisotopic (exact) mass is 217 g/mol. The van der Waals surface area contributed by atoms with Gasteiger partial charge < -0.3 is 10.8 Å². The fraction of sp³-hybridized carbons (Fsp3) is 0.0769. The van der Waals surface area contributed by atoms with Crippen molar-refractivity contribution in [1.29, 1.82) is 0 Å². The van der Waals surface area contributed by atoms with Crippen LogP contribution in [0.4, 0.5) is 10.1 Å². The van der Waals surface area contributed by atoms with E-state index in [9.17, 15) is 9.50 Å². The van der Waals surface area contributed by atoms with E-state index in [0.717, 1.165) is 5.56 Å². The molecule has 0 aliphatic carbocycles. The molecule has 2 aromatic carbocycles. The lowest BCUT2D eigenvalue weighted by molar-refractivity contribution is 0.478. The minimum Gasteiger partial charge on any atom is -0.506 e. The first-order valence-electron chi connectivity index (χ1n) is 4.93. The largest absolute Gasteiger partial charge is 0.506 e. The highest BCUT2D eigenvalue weighted by molar-refractivity contribution is 5.70. The van der Waals surface area contributed by atoms with Gasteiger partial charge in [-0.1, -0.05) is 18.2 Å². The van der Waals surface area contributed by atoms with Crippen molar-refractivity contribution >= 4 is 5.69 Å². The van der Waals surface area contributed by atoms with Crippen molar-refractivity contribution in [2.45, 2.75) is 6.92 Å². The summed E-state index contributed by atoms with van der Waals surface area (Å²) in [6.45, 7) is 1.83. The fourth-order valence-corrected chi connectivity index (χ4v) is 1.57. The minimum absolute atomic E-state index is 0.0301. The van der Waals surface area contributed by atoms with Crippen LogP contribution in [0.25, 0.3) is 11.1 Å². The third-order valence-corrected chi connectivity index (χ3v) is 2.47. The van der Waals surface area contributed by atoms with Gasteiger partial charge in [-0.25, -0.2) is 4.39 Å². The summed E-state index contributed by atoms with van der Waals surface area (Å²) in [5, 5.41) is 9.46. The summed E-state index contributed by atoms with van der Waals surface area (Å²) in [4.78, 5) is 0.